The van der Waals surface area contributed by atoms with E-state index in [0.29, 0.717) is 52.3 Å². The molecule has 0 bridgehead atoms. The molecule has 2 rings (SSSR count). The Hall–Kier alpha value is -4.45. The molecule has 202 valence electrons. The molecule has 39 heavy (non-hydrogen) atoms. The van der Waals surface area contributed by atoms with Gasteiger partial charge in [0.1, 0.15) is 0 Å². The molecule has 0 saturated heterocycles. The molecule has 1 aromatic heterocycles. The van der Waals surface area contributed by atoms with Gasteiger partial charge in [-0.25, -0.2) is 4.68 Å². The number of hydrogen-bond donors (Lipinski definition) is 0. The van der Waals surface area contributed by atoms with E-state index >= 15 is 0 Å². The monoisotopic (exact) mass is 523 g/mol. The van der Waals surface area contributed by atoms with Crippen molar-refractivity contribution in [3.8, 4) is 61.7 Å². The van der Waals surface area contributed by atoms with Crippen LogP contribution in [0.5, 0.6) is 0 Å². The first-order chi connectivity index (χ1) is 18.8. The summed E-state index contributed by atoms with van der Waals surface area (Å²) >= 11 is 0. The van der Waals surface area contributed by atoms with Crippen molar-refractivity contribution in [2.24, 2.45) is 5.41 Å². The van der Waals surface area contributed by atoms with E-state index in [1.807, 2.05) is 67.1 Å². The van der Waals surface area contributed by atoms with Gasteiger partial charge in [-0.15, -0.1) is 37.2 Å². The van der Waals surface area contributed by atoms with E-state index in [1.165, 1.54) is 0 Å². The molecule has 0 radical (unpaired) electrons. The molecular formula is C32H37N5O2. The lowest BCUT2D eigenvalue weighted by Crippen LogP contribution is -2.30. The number of carbonyl (C=O) groups is 1. The molecule has 0 aliphatic carbocycles. The Bertz CT molecular complexity index is 1170. The van der Waals surface area contributed by atoms with Crippen molar-refractivity contribution in [3.63, 3.8) is 0 Å². The van der Waals surface area contributed by atoms with Crippen molar-refractivity contribution in [2.45, 2.75) is 39.8 Å². The zero-order valence-electron chi connectivity index (χ0n) is 23.1. The molecule has 1 aromatic carbocycles. The van der Waals surface area contributed by atoms with Gasteiger partial charge in [-0.1, -0.05) is 65.1 Å². The van der Waals surface area contributed by atoms with E-state index < -0.39 is 5.41 Å². The lowest BCUT2D eigenvalue weighted by atomic mass is 9.83. The van der Waals surface area contributed by atoms with Crippen LogP contribution in [0.1, 0.15) is 44.5 Å². The Morgan fingerprint density at radius 2 is 1.44 bits per heavy atom. The number of benzene rings is 1. The molecule has 2 aromatic rings. The van der Waals surface area contributed by atoms with Crippen molar-refractivity contribution >= 4 is 5.97 Å². The Labute approximate surface area is 234 Å². The van der Waals surface area contributed by atoms with Gasteiger partial charge in [0.2, 0.25) is 0 Å². The summed E-state index contributed by atoms with van der Waals surface area (Å²) in [5.41, 5.74) is 1.14. The van der Waals surface area contributed by atoms with Crippen LogP contribution in [0.3, 0.4) is 0 Å². The van der Waals surface area contributed by atoms with Crippen molar-refractivity contribution < 1.29 is 9.53 Å². The number of carbonyl (C=O) groups excluding carboxylic acids is 1. The van der Waals surface area contributed by atoms with Crippen LogP contribution in [0.2, 0.25) is 0 Å². The Morgan fingerprint density at radius 3 is 1.92 bits per heavy atom. The predicted octanol–water partition coefficient (Wildman–Crippen LogP) is 3.10. The first-order valence-electron chi connectivity index (χ1n) is 12.5. The third-order valence-corrected chi connectivity index (χ3v) is 5.55. The standard InChI is InChI=1S/C23H28N4O2.C9H9N/c1-6-14-26(15-7-2)17-20-18-27(25-24-20)21(19-12-10-9-11-13-19)16-23(4,5)22(28)29-8-3;1-4-7-10(8-5-2)9-6-3/h1-2,9-13,18,21H,8,14-17H2,3-5H3;1-3H,7-9H2. The maximum atomic E-state index is 12.4. The molecule has 7 heteroatoms. The highest BCUT2D eigenvalue weighted by atomic mass is 16.5. The molecule has 0 fully saturated rings. The van der Waals surface area contributed by atoms with E-state index in [9.17, 15) is 4.79 Å². The maximum Gasteiger partial charge on any atom is 0.311 e. The summed E-state index contributed by atoms with van der Waals surface area (Å²) in [6.45, 7) is 8.90. The van der Waals surface area contributed by atoms with Crippen LogP contribution in [0, 0.1) is 67.1 Å². The molecule has 0 saturated carbocycles. The van der Waals surface area contributed by atoms with Crippen LogP contribution in [-0.4, -0.2) is 70.1 Å². The fraction of sp³-hybridized carbons (Fsp3) is 0.406. The second-order valence-corrected chi connectivity index (χ2v) is 9.24. The van der Waals surface area contributed by atoms with E-state index in [-0.39, 0.29) is 12.0 Å². The summed E-state index contributed by atoms with van der Waals surface area (Å²) in [6, 6.07) is 9.79. The van der Waals surface area contributed by atoms with Crippen molar-refractivity contribution in [2.75, 3.05) is 39.3 Å². The highest BCUT2D eigenvalue weighted by Gasteiger charge is 2.34. The number of nitrogens with zero attached hydrogens (tertiary/aromatic N) is 5. The van der Waals surface area contributed by atoms with Crippen molar-refractivity contribution in [3.05, 3.63) is 47.8 Å². The minimum Gasteiger partial charge on any atom is -0.466 e. The zero-order chi connectivity index (χ0) is 29.1. The van der Waals surface area contributed by atoms with E-state index in [0.717, 1.165) is 11.3 Å². The fourth-order valence-electron chi connectivity index (χ4n) is 3.68. The number of rotatable bonds is 13. The van der Waals surface area contributed by atoms with Crippen molar-refractivity contribution in [1.82, 2.24) is 24.8 Å². The van der Waals surface area contributed by atoms with E-state index in [2.05, 4.69) is 39.9 Å². The van der Waals surface area contributed by atoms with E-state index in [4.69, 9.17) is 36.9 Å². The quantitative estimate of drug-likeness (QED) is 0.297. The van der Waals surface area contributed by atoms with Crippen LogP contribution in [-0.2, 0) is 16.1 Å². The van der Waals surface area contributed by atoms with Crippen molar-refractivity contribution in [1.29, 1.82) is 0 Å². The molecule has 1 atom stereocenters. The second-order valence-electron chi connectivity index (χ2n) is 9.24. The average Bonchev–Trinajstić information content (AvgIpc) is 3.37. The van der Waals surface area contributed by atoms with Gasteiger partial charge in [-0.3, -0.25) is 14.6 Å². The summed E-state index contributed by atoms with van der Waals surface area (Å²) in [4.78, 5) is 16.2. The van der Waals surface area contributed by atoms with Crippen LogP contribution < -0.4 is 0 Å². The second kappa shape index (κ2) is 17.9. The number of esters is 1. The van der Waals surface area contributed by atoms with Gasteiger partial charge >= 0.3 is 5.97 Å². The lowest BCUT2D eigenvalue weighted by Gasteiger charge is -2.28. The van der Waals surface area contributed by atoms with E-state index in [1.54, 1.807) is 4.68 Å². The summed E-state index contributed by atoms with van der Waals surface area (Å²) in [5.74, 6) is 12.4. The molecule has 0 N–H and O–H groups in total. The molecule has 1 unspecified atom stereocenters. The topological polar surface area (TPSA) is 63.5 Å². The average molecular weight is 524 g/mol. The number of ether oxygens (including phenoxy) is 1. The summed E-state index contributed by atoms with van der Waals surface area (Å²) in [7, 11) is 0. The molecule has 1 heterocycles. The SMILES string of the molecule is C#CCN(CC#C)CC#C.C#CCN(CC#C)Cc1cn(C(CC(C)(C)C(=O)OCC)c2ccccc2)nn1. The number of aromatic nitrogens is 3. The predicted molar refractivity (Wildman–Crippen MR) is 156 cm³/mol. The Morgan fingerprint density at radius 1 is 0.923 bits per heavy atom. The Kier molecular flexibility index (Phi) is 15.0. The maximum absolute atomic E-state index is 12.4. The third kappa shape index (κ3) is 11.6. The molecule has 7 nitrogen and oxygen atoms in total. The molecule has 0 aliphatic heterocycles. The molecule has 0 aliphatic rings. The molecule has 0 amide bonds. The number of hydrogen-bond acceptors (Lipinski definition) is 6. The van der Waals surface area contributed by atoms with Crippen LogP contribution in [0.15, 0.2) is 36.5 Å². The largest absolute Gasteiger partial charge is 0.466 e. The highest BCUT2D eigenvalue weighted by molar-refractivity contribution is 5.76. The minimum atomic E-state index is -0.679. The smallest absolute Gasteiger partial charge is 0.311 e. The van der Waals surface area contributed by atoms with Gasteiger partial charge in [-0.2, -0.15) is 0 Å². The van der Waals surface area contributed by atoms with Gasteiger partial charge in [0, 0.05) is 6.54 Å². The first-order valence-corrected chi connectivity index (χ1v) is 12.5. The third-order valence-electron chi connectivity index (χ3n) is 5.55. The Balaban J connectivity index is 0.000000646. The van der Waals surface area contributed by atoms with Gasteiger partial charge in [0.15, 0.2) is 0 Å². The zero-order valence-corrected chi connectivity index (χ0v) is 23.1. The fourth-order valence-corrected chi connectivity index (χ4v) is 3.68. The van der Waals surface area contributed by atoms with Gasteiger partial charge in [-0.05, 0) is 32.8 Å². The van der Waals surface area contributed by atoms with Crippen LogP contribution in [0.4, 0.5) is 0 Å². The molecular weight excluding hydrogens is 486 g/mol. The summed E-state index contributed by atoms with van der Waals surface area (Å²) in [6.07, 6.45) is 28.4. The lowest BCUT2D eigenvalue weighted by molar-refractivity contribution is -0.154. The minimum absolute atomic E-state index is 0.162. The normalized spacial score (nSPS) is 11.1. The van der Waals surface area contributed by atoms with Crippen LogP contribution >= 0.6 is 0 Å². The van der Waals surface area contributed by atoms with Crippen LogP contribution in [0.25, 0.3) is 0 Å². The summed E-state index contributed by atoms with van der Waals surface area (Å²) in [5, 5.41) is 8.64. The van der Waals surface area contributed by atoms with Gasteiger partial charge < -0.3 is 4.74 Å². The highest BCUT2D eigenvalue weighted by Crippen LogP contribution is 2.33. The summed E-state index contributed by atoms with van der Waals surface area (Å²) < 4.78 is 7.06. The molecule has 0 spiro atoms. The first kappa shape index (κ1) is 32.6. The van der Waals surface area contributed by atoms with Gasteiger partial charge in [0.05, 0.1) is 62.7 Å². The van der Waals surface area contributed by atoms with Gasteiger partial charge in [0.25, 0.3) is 0 Å². The number of terminal acetylenes is 5.